The highest BCUT2D eigenvalue weighted by atomic mass is 31.2. The van der Waals surface area contributed by atoms with Gasteiger partial charge in [-0.3, -0.25) is 13.4 Å². The van der Waals surface area contributed by atoms with Crippen LogP contribution >= 0.6 is 7.75 Å². The van der Waals surface area contributed by atoms with E-state index in [4.69, 9.17) is 18.5 Å². The number of ether oxygens (including phenoxy) is 2. The van der Waals surface area contributed by atoms with Crippen LogP contribution < -0.4 is 0 Å². The number of likely N-dealkylation sites (N-methyl/N-ethyl adjacent to an activating group) is 1. The van der Waals surface area contributed by atoms with E-state index >= 15 is 0 Å². The average molecular weight is 627 g/mol. The van der Waals surface area contributed by atoms with E-state index in [1.165, 1.54) is 4.34 Å². The molecular weight excluding hydrogens is 583 g/mol. The lowest BCUT2D eigenvalue weighted by molar-refractivity contribution is -0.147. The van der Waals surface area contributed by atoms with Gasteiger partial charge in [0.15, 0.2) is 0 Å². The summed E-state index contributed by atoms with van der Waals surface area (Å²) in [4.78, 5) is 31.6. The second-order valence-corrected chi connectivity index (χ2v) is 13.3. The molecule has 12 heteroatoms. The highest BCUT2D eigenvalue weighted by Gasteiger charge is 2.32. The summed E-state index contributed by atoms with van der Waals surface area (Å²) in [6.45, 7) is 7.53. The van der Waals surface area contributed by atoms with Crippen LogP contribution in [0, 0.1) is 0 Å². The molecule has 0 bridgehead atoms. The number of aromatic nitrogens is 1. The summed E-state index contributed by atoms with van der Waals surface area (Å²) >= 11 is 0. The quantitative estimate of drug-likeness (QED) is 0.146. The van der Waals surface area contributed by atoms with Gasteiger partial charge in [-0.1, -0.05) is 30.4 Å². The van der Waals surface area contributed by atoms with Crippen LogP contribution in [0.2, 0.25) is 0 Å². The Bertz CT molecular complexity index is 1440. The van der Waals surface area contributed by atoms with Gasteiger partial charge in [0.2, 0.25) is 13.6 Å². The fourth-order valence-corrected chi connectivity index (χ4v) is 6.10. The summed E-state index contributed by atoms with van der Waals surface area (Å²) in [5.41, 5.74) is 2.44. The van der Waals surface area contributed by atoms with Crippen molar-refractivity contribution in [1.29, 1.82) is 0 Å². The summed E-state index contributed by atoms with van der Waals surface area (Å²) < 4.78 is 38.1. The second-order valence-electron chi connectivity index (χ2n) is 11.5. The second kappa shape index (κ2) is 14.9. The molecule has 0 saturated heterocycles. The Hall–Kier alpha value is -3.63. The minimum atomic E-state index is -4.23. The van der Waals surface area contributed by atoms with Crippen molar-refractivity contribution < 1.29 is 32.7 Å². The number of hydrogen-bond donors (Lipinski definition) is 0. The number of fused-ring (bicyclic) bond motifs is 1. The topological polar surface area (TPSA) is 103 Å². The summed E-state index contributed by atoms with van der Waals surface area (Å²) in [5, 5.41) is 0.886. The zero-order chi connectivity index (χ0) is 31.9. The first kappa shape index (κ1) is 33.3. The number of carbonyl (C=O) groups is 2. The highest BCUT2D eigenvalue weighted by molar-refractivity contribution is 7.52. The molecule has 0 aliphatic carbocycles. The smallest absolute Gasteiger partial charge is 0.434 e. The molecule has 0 fully saturated rings. The number of carbonyl (C=O) groups excluding carboxylic acids is 2. The van der Waals surface area contributed by atoms with Crippen molar-refractivity contribution >= 4 is 30.6 Å². The van der Waals surface area contributed by atoms with Crippen molar-refractivity contribution in [3.05, 3.63) is 84.1 Å². The Morgan fingerprint density at radius 2 is 1.39 bits per heavy atom. The number of hydrogen-bond acceptors (Lipinski definition) is 10. The van der Waals surface area contributed by atoms with Gasteiger partial charge in [-0.15, -0.1) is 0 Å². The van der Waals surface area contributed by atoms with E-state index < -0.39 is 33.3 Å². The molecule has 0 amide bonds. The lowest BCUT2D eigenvalue weighted by Crippen LogP contribution is -2.24. The maximum absolute atomic E-state index is 14.4. The van der Waals surface area contributed by atoms with Crippen LogP contribution in [0.5, 0.6) is 0 Å². The van der Waals surface area contributed by atoms with E-state index in [0.29, 0.717) is 35.9 Å². The minimum Gasteiger partial charge on any atom is -0.434 e. The van der Waals surface area contributed by atoms with Crippen molar-refractivity contribution in [2.75, 3.05) is 34.2 Å². The van der Waals surface area contributed by atoms with Crippen molar-refractivity contribution in [2.24, 2.45) is 0 Å². The summed E-state index contributed by atoms with van der Waals surface area (Å²) in [6, 6.07) is 7.81. The molecule has 2 aliphatic rings. The first-order valence-corrected chi connectivity index (χ1v) is 16.3. The third kappa shape index (κ3) is 8.30. The summed E-state index contributed by atoms with van der Waals surface area (Å²) in [5.74, 6) is -1.18. The molecule has 4 rings (SSSR count). The standard InChI is InChI=1S/C32H43N4O7P/c1-24(2)34-16-9-11-27(19-34)31(37)40-22-42-44(39,43-23-41-32(38)28-12-10-17-35(20-28)25(3)4)36-21-26(15-18-33(5)6)29-13-7-8-14-30(29)36/h7-10,13-14,16-17,19-21,24-25H,11-12,15,18,22-23H2,1-6H3. The van der Waals surface area contributed by atoms with Crippen LogP contribution in [-0.2, 0) is 39.1 Å². The fourth-order valence-electron chi connectivity index (χ4n) is 4.69. The Labute approximate surface area is 259 Å². The van der Waals surface area contributed by atoms with E-state index in [0.717, 1.165) is 17.5 Å². The van der Waals surface area contributed by atoms with Crippen LogP contribution in [0.4, 0.5) is 0 Å². The largest absolute Gasteiger partial charge is 0.445 e. The van der Waals surface area contributed by atoms with Gasteiger partial charge in [0.1, 0.15) is 0 Å². The monoisotopic (exact) mass is 626 g/mol. The van der Waals surface area contributed by atoms with E-state index in [1.54, 1.807) is 18.6 Å². The molecule has 44 heavy (non-hydrogen) atoms. The van der Waals surface area contributed by atoms with Gasteiger partial charge in [0.05, 0.1) is 16.7 Å². The van der Waals surface area contributed by atoms with Crippen LogP contribution in [0.15, 0.2) is 78.6 Å². The zero-order valence-electron chi connectivity index (χ0n) is 26.3. The molecule has 0 N–H and O–H groups in total. The molecule has 2 aliphatic heterocycles. The number of para-hydroxylation sites is 1. The Balaban J connectivity index is 1.53. The third-order valence-corrected chi connectivity index (χ3v) is 8.96. The SMILES string of the molecule is CC(C)N1C=CCC(C(=O)OCOP(=O)(OCOC(=O)C2=CN(C(C)C)C=CC2)n2cc(CCN(C)C)c3ccccc32)=C1. The van der Waals surface area contributed by atoms with E-state index in [1.807, 2.05) is 100 Å². The first-order valence-electron chi connectivity index (χ1n) is 14.8. The van der Waals surface area contributed by atoms with Gasteiger partial charge in [-0.2, -0.15) is 0 Å². The molecule has 3 heterocycles. The van der Waals surface area contributed by atoms with Gasteiger partial charge in [0.25, 0.3) is 0 Å². The van der Waals surface area contributed by atoms with E-state index in [-0.39, 0.29) is 12.1 Å². The average Bonchev–Trinajstić information content (AvgIpc) is 3.39. The lowest BCUT2D eigenvalue weighted by Gasteiger charge is -2.25. The molecule has 0 radical (unpaired) electrons. The molecule has 11 nitrogen and oxygen atoms in total. The van der Waals surface area contributed by atoms with Gasteiger partial charge in [-0.05, 0) is 59.8 Å². The van der Waals surface area contributed by atoms with Crippen molar-refractivity contribution in [1.82, 2.24) is 19.0 Å². The van der Waals surface area contributed by atoms with Crippen molar-refractivity contribution in [2.45, 2.75) is 59.0 Å². The molecular formula is C32H43N4O7P. The number of esters is 2. The summed E-state index contributed by atoms with van der Waals surface area (Å²) in [7, 11) is -0.269. The van der Waals surface area contributed by atoms with E-state index in [9.17, 15) is 14.2 Å². The highest BCUT2D eigenvalue weighted by Crippen LogP contribution is 2.52. The number of benzene rings is 1. The number of nitrogens with zero attached hydrogens (tertiary/aromatic N) is 4. The molecule has 0 atom stereocenters. The Morgan fingerprint density at radius 1 is 0.864 bits per heavy atom. The molecule has 1 aromatic carbocycles. The molecule has 0 spiro atoms. The van der Waals surface area contributed by atoms with Crippen molar-refractivity contribution in [3.8, 4) is 0 Å². The van der Waals surface area contributed by atoms with Gasteiger partial charge < -0.3 is 24.2 Å². The Kier molecular flexibility index (Phi) is 11.3. The summed E-state index contributed by atoms with van der Waals surface area (Å²) in [6.07, 6.45) is 14.3. The van der Waals surface area contributed by atoms with Crippen LogP contribution in [-0.4, -0.2) is 77.3 Å². The molecule has 0 saturated carbocycles. The lowest BCUT2D eigenvalue weighted by atomic mass is 10.1. The fraction of sp³-hybridized carbons (Fsp3) is 0.438. The molecule has 1 aromatic heterocycles. The van der Waals surface area contributed by atoms with Crippen LogP contribution in [0.1, 0.15) is 46.1 Å². The minimum absolute atomic E-state index is 0.166. The van der Waals surface area contributed by atoms with Gasteiger partial charge in [-0.25, -0.2) is 14.2 Å². The number of rotatable bonds is 14. The maximum Gasteiger partial charge on any atom is 0.445 e. The molecule has 2 aromatic rings. The molecule has 0 unspecified atom stereocenters. The Morgan fingerprint density at radius 3 is 1.89 bits per heavy atom. The number of allylic oxidation sites excluding steroid dienone is 2. The van der Waals surface area contributed by atoms with Gasteiger partial charge >= 0.3 is 19.7 Å². The van der Waals surface area contributed by atoms with Crippen LogP contribution in [0.3, 0.4) is 0 Å². The van der Waals surface area contributed by atoms with Crippen molar-refractivity contribution in [3.63, 3.8) is 0 Å². The zero-order valence-corrected chi connectivity index (χ0v) is 27.2. The predicted molar refractivity (Wildman–Crippen MR) is 169 cm³/mol. The third-order valence-electron chi connectivity index (χ3n) is 7.24. The predicted octanol–water partition coefficient (Wildman–Crippen LogP) is 5.76. The first-order chi connectivity index (χ1) is 21.0. The van der Waals surface area contributed by atoms with E-state index in [2.05, 4.69) is 4.90 Å². The van der Waals surface area contributed by atoms with Gasteiger partial charge in [0, 0.05) is 67.9 Å². The normalized spacial score (nSPS) is 15.4. The van der Waals surface area contributed by atoms with Crippen LogP contribution in [0.25, 0.3) is 10.9 Å². The maximum atomic E-state index is 14.4. The molecule has 238 valence electrons.